The number of aromatic hydroxyl groups is 2. The zero-order chi connectivity index (χ0) is 82.4. The van der Waals surface area contributed by atoms with E-state index in [-0.39, 0.29) is 41.1 Å². The van der Waals surface area contributed by atoms with Crippen LogP contribution < -0.4 is 44.3 Å². The number of carbonyl (C=O) groups is 5. The Morgan fingerprint density at radius 1 is 0.439 bits per heavy atom. The third-order valence-corrected chi connectivity index (χ3v) is 18.6. The maximum Gasteiger partial charge on any atom is 0.320 e. The number of aldehydes is 1. The standard InChI is InChI=1S/C23H28N4O2.C15H22N2O2.C13H20N4O.C11H16N2.C10H10O2.C7H7Cl.C4H7ClO2.C4H10N2.H4N2/c1-2-7-20-10-6-11-21(23(20)29)16-24-25-22(28)18-27-14-12-26(13-15-27)17-19-8-4-3-5-9-19;1-2-19-15(18)13-17-10-8-16(9-11-17)12-14-6-4-3-5-7-14;14-15-13(18)11-17-8-6-16(7-9-17)10-12-4-2-1-3-5-12;1-2-4-11(5-3-1)10-13-8-6-12-7-9-13;1-2-4-8-5-3-6-9(7-11)10(8)12;8-6-7-4-2-1-3-5-7;1-2-7-4(6)3-5;1-2-6-4-3-5-1;1-2/h2-6,8-11,16,29H,1,7,12-15,17-18H2,(H,25,28);3-7H,2,8-13H2,1H3;1-5H,6-11,14H2,(H,15,18);1-5,12H,6-10H2;2-3,5-7,12H,1,4H2;1-5H,6H2;2-3H2,1H3;5-6H,1-4H2;1-2H2/b24-16+;;;;;;;;. The molecule has 0 aliphatic carbocycles. The molecule has 0 aromatic heterocycles. The number of nitrogens with two attached hydrogens (primary N) is 3. The predicted molar refractivity (Wildman–Crippen MR) is 461 cm³/mol. The Hall–Kier alpha value is -9.10. The number of phenols is 2. The van der Waals surface area contributed by atoms with E-state index in [9.17, 15) is 34.2 Å². The number of para-hydroxylation sites is 2. The van der Waals surface area contributed by atoms with Gasteiger partial charge in [-0.1, -0.05) is 188 Å². The zero-order valence-corrected chi connectivity index (χ0v) is 68.3. The van der Waals surface area contributed by atoms with Crippen LogP contribution >= 0.6 is 23.2 Å². The number of halogens is 2. The number of carbonyl (C=O) groups excluding carboxylic acids is 5. The Balaban J connectivity index is 0.000000287. The predicted octanol–water partition coefficient (Wildman–Crippen LogP) is 7.79. The van der Waals surface area contributed by atoms with Gasteiger partial charge in [-0.25, -0.2) is 11.3 Å². The van der Waals surface area contributed by atoms with Crippen LogP contribution in [0.5, 0.6) is 11.5 Å². The molecule has 0 saturated carbocycles. The van der Waals surface area contributed by atoms with Gasteiger partial charge in [0.15, 0.2) is 6.29 Å². The van der Waals surface area contributed by atoms with Crippen LogP contribution in [0.2, 0.25) is 0 Å². The number of amides is 2. The number of hydrazone groups is 1. The third kappa shape index (κ3) is 43.4. The summed E-state index contributed by atoms with van der Waals surface area (Å²) in [5.74, 6) is 13.1. The van der Waals surface area contributed by atoms with Crippen molar-refractivity contribution in [3.63, 3.8) is 0 Å². The minimum Gasteiger partial charge on any atom is -0.507 e. The first-order chi connectivity index (χ1) is 55.7. The molecule has 13 N–H and O–H groups in total. The van der Waals surface area contributed by atoms with Gasteiger partial charge in [0.1, 0.15) is 17.4 Å². The molecule has 7 aromatic carbocycles. The number of hydrogen-bond acceptors (Lipinski definition) is 23. The molecule has 620 valence electrons. The molecule has 0 spiro atoms. The van der Waals surface area contributed by atoms with Crippen LogP contribution in [0.25, 0.3) is 0 Å². The zero-order valence-electron chi connectivity index (χ0n) is 66.8. The van der Waals surface area contributed by atoms with E-state index in [1.54, 1.807) is 43.3 Å². The van der Waals surface area contributed by atoms with Crippen molar-refractivity contribution in [3.8, 4) is 11.5 Å². The Bertz CT molecular complexity index is 3710. The number of esters is 2. The number of nitrogens with one attached hydrogen (secondary N) is 5. The summed E-state index contributed by atoms with van der Waals surface area (Å²) in [5.41, 5.74) is 13.7. The maximum atomic E-state index is 12.2. The summed E-state index contributed by atoms with van der Waals surface area (Å²) in [6.07, 6.45) is 6.68. The molecule has 2 amide bonds. The van der Waals surface area contributed by atoms with E-state index in [1.807, 2.05) is 67.6 Å². The number of phenolic OH excluding ortho intramolecular Hbond substituents is 2. The van der Waals surface area contributed by atoms with Crippen LogP contribution in [0.15, 0.2) is 218 Å². The van der Waals surface area contributed by atoms with Crippen LogP contribution in [-0.4, -0.2) is 250 Å². The molecule has 0 unspecified atom stereocenters. The first-order valence-corrected chi connectivity index (χ1v) is 40.0. The highest BCUT2D eigenvalue weighted by Gasteiger charge is 2.22. The molecule has 27 heteroatoms. The van der Waals surface area contributed by atoms with Gasteiger partial charge >= 0.3 is 11.9 Å². The molecule has 5 fully saturated rings. The molecule has 0 atom stereocenters. The van der Waals surface area contributed by atoms with Crippen LogP contribution in [0.3, 0.4) is 0 Å². The highest BCUT2D eigenvalue weighted by atomic mass is 35.5. The number of hydrazine groups is 2. The van der Waals surface area contributed by atoms with E-state index in [2.05, 4.69) is 199 Å². The van der Waals surface area contributed by atoms with Crippen molar-refractivity contribution in [3.05, 3.63) is 263 Å². The van der Waals surface area contributed by atoms with Gasteiger partial charge < -0.3 is 35.6 Å². The lowest BCUT2D eigenvalue weighted by Gasteiger charge is -2.34. The van der Waals surface area contributed by atoms with E-state index >= 15 is 0 Å². The molecular weight excluding hydrogens is 1480 g/mol. The van der Waals surface area contributed by atoms with Crippen LogP contribution in [-0.2, 0) is 73.6 Å². The number of hydrogen-bond donors (Lipinski definition) is 10. The van der Waals surface area contributed by atoms with Crippen molar-refractivity contribution in [2.75, 3.05) is 170 Å². The number of benzene rings is 7. The van der Waals surface area contributed by atoms with Gasteiger partial charge in [0.05, 0.1) is 44.6 Å². The van der Waals surface area contributed by atoms with Crippen molar-refractivity contribution in [1.82, 2.24) is 61.1 Å². The van der Waals surface area contributed by atoms with Crippen LogP contribution in [0.1, 0.15) is 68.7 Å². The third-order valence-electron chi connectivity index (χ3n) is 18.1. The van der Waals surface area contributed by atoms with E-state index in [1.165, 1.54) is 47.1 Å². The minimum atomic E-state index is -0.357. The largest absolute Gasteiger partial charge is 0.507 e. The minimum absolute atomic E-state index is 0.0478. The van der Waals surface area contributed by atoms with E-state index in [4.69, 9.17) is 33.8 Å². The molecule has 5 heterocycles. The topological polar surface area (TPSA) is 318 Å². The Kier molecular flexibility index (Phi) is 53.1. The van der Waals surface area contributed by atoms with Crippen molar-refractivity contribution < 1.29 is 43.7 Å². The lowest BCUT2D eigenvalue weighted by atomic mass is 10.1. The normalized spacial score (nSPS) is 15.2. The first kappa shape index (κ1) is 97.3. The van der Waals surface area contributed by atoms with Gasteiger partial charge in [0, 0.05) is 169 Å². The maximum absolute atomic E-state index is 12.2. The van der Waals surface area contributed by atoms with Crippen LogP contribution in [0, 0.1) is 0 Å². The van der Waals surface area contributed by atoms with Crippen molar-refractivity contribution >= 4 is 59.5 Å². The monoisotopic (exact) mass is 1610 g/mol. The van der Waals surface area contributed by atoms with E-state index < -0.39 is 0 Å². The average molecular weight is 1610 g/mol. The van der Waals surface area contributed by atoms with E-state index in [0.29, 0.717) is 69.0 Å². The van der Waals surface area contributed by atoms with Gasteiger partial charge in [-0.15, -0.1) is 36.4 Å². The lowest BCUT2D eigenvalue weighted by molar-refractivity contribution is -0.145. The number of nitrogens with zero attached hydrogens (tertiary/aromatic N) is 8. The lowest BCUT2D eigenvalue weighted by Crippen LogP contribution is -2.49. The molecule has 114 heavy (non-hydrogen) atoms. The second-order valence-corrected chi connectivity index (χ2v) is 27.2. The van der Waals surface area contributed by atoms with Gasteiger partial charge in [-0.05, 0) is 77.8 Å². The number of piperazine rings is 5. The second kappa shape index (κ2) is 62.3. The summed E-state index contributed by atoms with van der Waals surface area (Å²) in [6.45, 7) is 37.3. The molecular formula is C87H124Cl2N16O9. The van der Waals surface area contributed by atoms with Crippen molar-refractivity contribution in [2.24, 2.45) is 22.6 Å². The fourth-order valence-electron chi connectivity index (χ4n) is 12.0. The summed E-state index contributed by atoms with van der Waals surface area (Å²) < 4.78 is 9.39. The number of alkyl halides is 2. The highest BCUT2D eigenvalue weighted by molar-refractivity contribution is 6.26. The summed E-state index contributed by atoms with van der Waals surface area (Å²) in [6, 6.07) is 62.6. The number of allylic oxidation sites excluding steroid dienone is 2. The summed E-state index contributed by atoms with van der Waals surface area (Å²) in [4.78, 5) is 71.4. The number of rotatable bonds is 25. The molecule has 5 aliphatic heterocycles. The van der Waals surface area contributed by atoms with Gasteiger partial charge in [0.2, 0.25) is 5.91 Å². The fraction of sp³-hybridized carbons (Fsp3) is 0.402. The second-order valence-electron chi connectivity index (χ2n) is 26.7. The molecule has 0 radical (unpaired) electrons. The summed E-state index contributed by atoms with van der Waals surface area (Å²) >= 11 is 10.6. The van der Waals surface area contributed by atoms with Gasteiger partial charge in [-0.2, -0.15) is 5.10 Å². The number of ether oxygens (including phenoxy) is 2. The SMILES string of the molecule is C1CNCCN1.C=CCc1cccc(/C=N/NC(=O)CN2CCN(Cc3ccccc3)CC2)c1O.C=CCc1cccc(C=O)c1O.CCOC(=O)CCl.CCOC(=O)CN1CCN(Cc2ccccc2)CC1.ClCc1ccccc1.NN.NNC(=O)CN1CCN(Cc2ccccc2)CC1.c1ccc(CN2CCNCC2)cc1. The molecule has 7 aromatic rings. The summed E-state index contributed by atoms with van der Waals surface area (Å²) in [7, 11) is 0. The average Bonchev–Trinajstić information content (AvgIpc) is 0.870. The Morgan fingerprint density at radius 3 is 1.09 bits per heavy atom. The smallest absolute Gasteiger partial charge is 0.320 e. The van der Waals surface area contributed by atoms with E-state index in [0.717, 1.165) is 155 Å². The Labute approximate surface area is 686 Å². The Morgan fingerprint density at radius 2 is 0.763 bits per heavy atom. The van der Waals surface area contributed by atoms with Crippen molar-refractivity contribution in [1.29, 1.82) is 0 Å². The first-order valence-electron chi connectivity index (χ1n) is 38.9. The highest BCUT2D eigenvalue weighted by Crippen LogP contribution is 2.23. The molecule has 5 aliphatic rings. The van der Waals surface area contributed by atoms with Gasteiger partial charge in [-0.3, -0.25) is 75.4 Å². The van der Waals surface area contributed by atoms with Gasteiger partial charge in [0.25, 0.3) is 5.91 Å². The van der Waals surface area contributed by atoms with Crippen LogP contribution in [0.4, 0.5) is 0 Å². The quantitative estimate of drug-likeness (QED) is 0.00381. The molecule has 12 rings (SSSR count). The summed E-state index contributed by atoms with van der Waals surface area (Å²) in [5, 5.41) is 33.4. The molecule has 5 saturated heterocycles. The van der Waals surface area contributed by atoms with Crippen molar-refractivity contribution in [2.45, 2.75) is 58.7 Å². The molecule has 0 bridgehead atoms. The molecule has 25 nitrogen and oxygen atoms in total. The fourth-order valence-corrected chi connectivity index (χ4v) is 12.3.